The minimum Gasteiger partial charge on any atom is -0.496 e. The van der Waals surface area contributed by atoms with E-state index < -0.39 is 12.1 Å². The van der Waals surface area contributed by atoms with Gasteiger partial charge in [0.2, 0.25) is 0 Å². The molecule has 4 heteroatoms. The summed E-state index contributed by atoms with van der Waals surface area (Å²) >= 11 is 0. The number of rotatable bonds is 5. The van der Waals surface area contributed by atoms with Gasteiger partial charge in [0.25, 0.3) is 0 Å². The summed E-state index contributed by atoms with van der Waals surface area (Å²) in [5.74, 6) is -0.830. The number of aliphatic carboxylic acids is 1. The van der Waals surface area contributed by atoms with Crippen molar-refractivity contribution >= 4 is 5.97 Å². The molecule has 1 aromatic carbocycles. The van der Waals surface area contributed by atoms with Gasteiger partial charge in [-0.1, -0.05) is 25.1 Å². The van der Waals surface area contributed by atoms with Gasteiger partial charge in [0.1, 0.15) is 5.75 Å². The van der Waals surface area contributed by atoms with Gasteiger partial charge < -0.3 is 14.9 Å². The molecular weight excluding hydrogens is 208 g/mol. The predicted octanol–water partition coefficient (Wildman–Crippen LogP) is 1.32. The molecule has 0 aromatic heterocycles. The van der Waals surface area contributed by atoms with Crippen molar-refractivity contribution in [3.63, 3.8) is 0 Å². The highest BCUT2D eigenvalue weighted by Gasteiger charge is 2.22. The van der Waals surface area contributed by atoms with Gasteiger partial charge in [0, 0.05) is 0 Å². The van der Waals surface area contributed by atoms with Gasteiger partial charge in [0.05, 0.1) is 7.11 Å². The third kappa shape index (κ3) is 2.97. The molecule has 0 aliphatic carbocycles. The Morgan fingerprint density at radius 1 is 1.44 bits per heavy atom. The smallest absolute Gasteiger partial charge is 0.332 e. The molecule has 0 radical (unpaired) electrons. The Hall–Kier alpha value is -1.55. The third-order valence-corrected chi connectivity index (χ3v) is 2.53. The van der Waals surface area contributed by atoms with E-state index in [1.807, 2.05) is 24.3 Å². The minimum atomic E-state index is -1.34. The van der Waals surface area contributed by atoms with Crippen molar-refractivity contribution in [2.45, 2.75) is 19.4 Å². The number of benzene rings is 1. The Labute approximate surface area is 94.5 Å². The van der Waals surface area contributed by atoms with Crippen LogP contribution in [0.3, 0.4) is 0 Å². The van der Waals surface area contributed by atoms with Crippen molar-refractivity contribution < 1.29 is 19.7 Å². The Bertz CT molecular complexity index is 362. The lowest BCUT2D eigenvalue weighted by Gasteiger charge is -2.16. The van der Waals surface area contributed by atoms with Crippen LogP contribution in [0.25, 0.3) is 0 Å². The van der Waals surface area contributed by atoms with Crippen molar-refractivity contribution in [3.05, 3.63) is 29.8 Å². The van der Waals surface area contributed by atoms with E-state index in [1.165, 1.54) is 0 Å². The average molecular weight is 224 g/mol. The number of para-hydroxylation sites is 1. The zero-order chi connectivity index (χ0) is 12.1. The number of carbonyl (C=O) groups is 1. The van der Waals surface area contributed by atoms with Crippen LogP contribution < -0.4 is 4.74 Å². The number of hydrogen-bond acceptors (Lipinski definition) is 3. The Kier molecular flexibility index (Phi) is 4.31. The Morgan fingerprint density at radius 2 is 2.06 bits per heavy atom. The Morgan fingerprint density at radius 3 is 2.62 bits per heavy atom. The topological polar surface area (TPSA) is 66.8 Å². The number of aliphatic hydroxyl groups excluding tert-OH is 1. The monoisotopic (exact) mass is 224 g/mol. The first-order chi connectivity index (χ1) is 7.56. The Balaban J connectivity index is 2.76. The average Bonchev–Trinajstić information content (AvgIpc) is 2.28. The standard InChI is InChI=1S/C12H16O4/c1-8(11(13)12(14)15)7-9-5-3-4-6-10(9)16-2/h3-6,8,11,13H,7H2,1-2H3,(H,14,15). The molecule has 2 N–H and O–H groups in total. The first kappa shape index (κ1) is 12.5. The number of ether oxygens (including phenoxy) is 1. The fourth-order valence-electron chi connectivity index (χ4n) is 1.57. The summed E-state index contributed by atoms with van der Waals surface area (Å²) in [5, 5.41) is 18.1. The van der Waals surface area contributed by atoms with Crippen LogP contribution in [0.5, 0.6) is 5.75 Å². The van der Waals surface area contributed by atoms with Crippen LogP contribution in [-0.4, -0.2) is 29.4 Å². The van der Waals surface area contributed by atoms with E-state index >= 15 is 0 Å². The lowest BCUT2D eigenvalue weighted by atomic mass is 9.95. The van der Waals surface area contributed by atoms with E-state index in [-0.39, 0.29) is 5.92 Å². The van der Waals surface area contributed by atoms with Crippen LogP contribution in [0.15, 0.2) is 24.3 Å². The molecular formula is C12H16O4. The number of aliphatic hydroxyl groups is 1. The second kappa shape index (κ2) is 5.51. The summed E-state index contributed by atoms with van der Waals surface area (Å²) in [4.78, 5) is 10.6. The highest BCUT2D eigenvalue weighted by Crippen LogP contribution is 2.22. The van der Waals surface area contributed by atoms with Crippen LogP contribution in [-0.2, 0) is 11.2 Å². The minimum absolute atomic E-state index is 0.353. The third-order valence-electron chi connectivity index (χ3n) is 2.53. The van der Waals surface area contributed by atoms with Crippen LogP contribution in [0.2, 0.25) is 0 Å². The molecule has 1 aromatic rings. The zero-order valence-corrected chi connectivity index (χ0v) is 9.38. The maximum atomic E-state index is 10.6. The lowest BCUT2D eigenvalue weighted by Crippen LogP contribution is -2.28. The molecule has 88 valence electrons. The maximum absolute atomic E-state index is 10.6. The maximum Gasteiger partial charge on any atom is 0.332 e. The first-order valence-electron chi connectivity index (χ1n) is 5.09. The van der Waals surface area contributed by atoms with Gasteiger partial charge in [-0.3, -0.25) is 0 Å². The van der Waals surface area contributed by atoms with Crippen LogP contribution in [0, 0.1) is 5.92 Å². The van der Waals surface area contributed by atoms with E-state index in [4.69, 9.17) is 9.84 Å². The van der Waals surface area contributed by atoms with Gasteiger partial charge in [-0.25, -0.2) is 4.79 Å². The molecule has 16 heavy (non-hydrogen) atoms. The van der Waals surface area contributed by atoms with E-state index in [9.17, 15) is 9.90 Å². The van der Waals surface area contributed by atoms with Crippen LogP contribution in [0.4, 0.5) is 0 Å². The summed E-state index contributed by atoms with van der Waals surface area (Å²) in [6.45, 7) is 1.70. The quantitative estimate of drug-likeness (QED) is 0.791. The molecule has 0 spiro atoms. The van der Waals surface area contributed by atoms with E-state index in [0.29, 0.717) is 12.2 Å². The van der Waals surface area contributed by atoms with Gasteiger partial charge in [-0.15, -0.1) is 0 Å². The fraction of sp³-hybridized carbons (Fsp3) is 0.417. The molecule has 0 amide bonds. The highest BCUT2D eigenvalue weighted by molar-refractivity contribution is 5.72. The molecule has 1 rings (SSSR count). The largest absolute Gasteiger partial charge is 0.496 e. The van der Waals surface area contributed by atoms with Crippen molar-refractivity contribution in [1.82, 2.24) is 0 Å². The van der Waals surface area contributed by atoms with Gasteiger partial charge in [-0.2, -0.15) is 0 Å². The summed E-state index contributed by atoms with van der Waals surface area (Å²) < 4.78 is 5.16. The van der Waals surface area contributed by atoms with Crippen molar-refractivity contribution in [2.24, 2.45) is 5.92 Å². The van der Waals surface area contributed by atoms with E-state index in [1.54, 1.807) is 14.0 Å². The second-order valence-electron chi connectivity index (χ2n) is 3.78. The molecule has 0 saturated heterocycles. The number of carboxylic acids is 1. The molecule has 0 saturated carbocycles. The fourth-order valence-corrected chi connectivity index (χ4v) is 1.57. The van der Waals surface area contributed by atoms with Crippen molar-refractivity contribution in [2.75, 3.05) is 7.11 Å². The summed E-state index contributed by atoms with van der Waals surface area (Å²) in [7, 11) is 1.57. The van der Waals surface area contributed by atoms with Gasteiger partial charge in [-0.05, 0) is 24.0 Å². The summed E-state index contributed by atoms with van der Waals surface area (Å²) in [6, 6.07) is 7.39. The normalized spacial score (nSPS) is 14.2. The van der Waals surface area contributed by atoms with Crippen molar-refractivity contribution in [1.29, 1.82) is 0 Å². The van der Waals surface area contributed by atoms with Crippen LogP contribution in [0.1, 0.15) is 12.5 Å². The number of methoxy groups -OCH3 is 1. The molecule has 0 heterocycles. The van der Waals surface area contributed by atoms with E-state index in [0.717, 1.165) is 5.56 Å². The summed E-state index contributed by atoms with van der Waals surface area (Å²) in [6.07, 6.45) is -0.873. The summed E-state index contributed by atoms with van der Waals surface area (Å²) in [5.41, 5.74) is 0.901. The molecule has 2 unspecified atom stereocenters. The second-order valence-corrected chi connectivity index (χ2v) is 3.78. The number of carboxylic acid groups (broad SMARTS) is 1. The van der Waals surface area contributed by atoms with Crippen LogP contribution >= 0.6 is 0 Å². The zero-order valence-electron chi connectivity index (χ0n) is 9.38. The first-order valence-corrected chi connectivity index (χ1v) is 5.09. The van der Waals surface area contributed by atoms with Gasteiger partial charge in [0.15, 0.2) is 6.10 Å². The molecule has 0 aliphatic heterocycles. The molecule has 0 aliphatic rings. The number of hydrogen-bond donors (Lipinski definition) is 2. The highest BCUT2D eigenvalue weighted by atomic mass is 16.5. The molecule has 0 bridgehead atoms. The molecule has 2 atom stereocenters. The van der Waals surface area contributed by atoms with Crippen molar-refractivity contribution in [3.8, 4) is 5.75 Å². The molecule has 4 nitrogen and oxygen atoms in total. The molecule has 0 fully saturated rings. The lowest BCUT2D eigenvalue weighted by molar-refractivity contribution is -0.149. The van der Waals surface area contributed by atoms with Gasteiger partial charge >= 0.3 is 5.97 Å². The van der Waals surface area contributed by atoms with E-state index in [2.05, 4.69) is 0 Å². The predicted molar refractivity (Wildman–Crippen MR) is 59.5 cm³/mol. The SMILES string of the molecule is COc1ccccc1CC(C)C(O)C(=O)O.